The van der Waals surface area contributed by atoms with Crippen molar-refractivity contribution in [3.8, 4) is 22.3 Å². The number of halogens is 2. The van der Waals surface area contributed by atoms with Crippen LogP contribution in [0.25, 0.3) is 22.3 Å². The zero-order valence-corrected chi connectivity index (χ0v) is 27.0. The molecule has 0 spiro atoms. The van der Waals surface area contributed by atoms with Crippen LogP contribution >= 0.6 is 31.9 Å². The van der Waals surface area contributed by atoms with Crippen LogP contribution in [-0.4, -0.2) is 0 Å². The number of hydrogen-bond acceptors (Lipinski definition) is 2. The number of ether oxygens (including phenoxy) is 2. The Bertz CT molecular complexity index is 2380. The molecule has 3 aliphatic rings. The van der Waals surface area contributed by atoms with Crippen molar-refractivity contribution in [2.75, 3.05) is 0 Å². The summed E-state index contributed by atoms with van der Waals surface area (Å²) in [5, 5.41) is 10.1. The molecule has 2 aliphatic heterocycles. The molecule has 0 radical (unpaired) electrons. The minimum absolute atomic E-state index is 0.605. The normalized spacial score (nSPS) is 17.3. The van der Waals surface area contributed by atoms with Crippen LogP contribution in [0.5, 0.6) is 0 Å². The fraction of sp³-hybridized carbons (Fsp3) is 0.100. The van der Waals surface area contributed by atoms with Gasteiger partial charge < -0.3 is 9.47 Å². The van der Waals surface area contributed by atoms with Crippen molar-refractivity contribution < 1.29 is 9.47 Å². The van der Waals surface area contributed by atoms with Gasteiger partial charge in [-0.05, 0) is 123 Å². The molecule has 0 aromatic heterocycles. The van der Waals surface area contributed by atoms with Crippen molar-refractivity contribution in [1.29, 1.82) is 0 Å². The van der Waals surface area contributed by atoms with Crippen LogP contribution in [0, 0.1) is 41.7 Å². The summed E-state index contributed by atoms with van der Waals surface area (Å²) in [5.41, 5.74) is 10.1. The third kappa shape index (κ3) is 4.05. The van der Waals surface area contributed by atoms with Gasteiger partial charge in [-0.15, -0.1) is 0 Å². The summed E-state index contributed by atoms with van der Waals surface area (Å²) in [6, 6.07) is 40.0. The summed E-state index contributed by atoms with van der Waals surface area (Å²) in [4.78, 5) is 0. The molecule has 2 heterocycles. The van der Waals surface area contributed by atoms with Crippen LogP contribution in [0.4, 0.5) is 0 Å². The van der Waals surface area contributed by atoms with E-state index in [2.05, 4.69) is 141 Å². The van der Waals surface area contributed by atoms with Crippen LogP contribution in [-0.2, 0) is 35.9 Å². The highest BCUT2D eigenvalue weighted by Crippen LogP contribution is 2.37. The smallest absolute Gasteiger partial charge is 0.0731 e. The zero-order valence-electron chi connectivity index (χ0n) is 23.8. The van der Waals surface area contributed by atoms with E-state index in [1.807, 2.05) is 0 Å². The molecule has 0 atom stereocenters. The summed E-state index contributed by atoms with van der Waals surface area (Å²) < 4.78 is 14.6. The van der Waals surface area contributed by atoms with Crippen LogP contribution in [0.2, 0.25) is 0 Å². The number of rotatable bonds is 2. The summed E-state index contributed by atoms with van der Waals surface area (Å²) in [5.74, 6) is 0. The topological polar surface area (TPSA) is 18.5 Å². The Balaban J connectivity index is 1.60. The first kappa shape index (κ1) is 26.6. The van der Waals surface area contributed by atoms with Crippen molar-refractivity contribution in [1.82, 2.24) is 0 Å². The molecule has 6 aromatic carbocycles. The molecule has 0 fully saturated rings. The Morgan fingerprint density at radius 1 is 0.386 bits per heavy atom. The van der Waals surface area contributed by atoms with E-state index in [1.165, 1.54) is 86.3 Å². The molecule has 9 rings (SSSR count). The van der Waals surface area contributed by atoms with Gasteiger partial charge in [0, 0.05) is 8.95 Å². The quantitative estimate of drug-likeness (QED) is 0.179. The molecule has 2 nitrogen and oxygen atoms in total. The van der Waals surface area contributed by atoms with Crippen LogP contribution < -0.4 is 0 Å². The highest BCUT2D eigenvalue weighted by atomic mass is 79.9. The first-order valence-electron chi connectivity index (χ1n) is 14.9. The summed E-state index contributed by atoms with van der Waals surface area (Å²) in [6.07, 6.45) is 0. The van der Waals surface area contributed by atoms with Gasteiger partial charge in [-0.2, -0.15) is 0 Å². The average molecular weight is 698 g/mol. The van der Waals surface area contributed by atoms with Gasteiger partial charge in [0.25, 0.3) is 0 Å². The van der Waals surface area contributed by atoms with E-state index >= 15 is 0 Å². The second-order valence-electron chi connectivity index (χ2n) is 11.7. The number of benzene rings is 6. The highest BCUT2D eigenvalue weighted by molar-refractivity contribution is 9.10. The molecule has 4 heteroatoms. The van der Waals surface area contributed by atoms with Crippen molar-refractivity contribution in [3.63, 3.8) is 0 Å². The van der Waals surface area contributed by atoms with E-state index in [0.717, 1.165) is 8.95 Å². The number of fused-ring (bicyclic) bond motifs is 8. The molecule has 0 unspecified atom stereocenters. The van der Waals surface area contributed by atoms with Crippen molar-refractivity contribution in [2.45, 2.75) is 26.4 Å². The predicted molar refractivity (Wildman–Crippen MR) is 180 cm³/mol. The van der Waals surface area contributed by atoms with E-state index < -0.39 is 0 Å². The average Bonchev–Trinajstić information content (AvgIpc) is 3.75. The molecular weight excluding hydrogens is 672 g/mol. The lowest BCUT2D eigenvalue weighted by molar-refractivity contribution is 0.134. The fourth-order valence-corrected chi connectivity index (χ4v) is 7.93. The summed E-state index contributed by atoms with van der Waals surface area (Å²) >= 11 is 7.25. The van der Waals surface area contributed by atoms with Gasteiger partial charge in [0.15, 0.2) is 0 Å². The minimum Gasteiger partial charge on any atom is -0.372 e. The van der Waals surface area contributed by atoms with Crippen LogP contribution in [0.15, 0.2) is 118 Å². The minimum atomic E-state index is 0.605. The molecular formula is C40H26Br2O2. The van der Waals surface area contributed by atoms with Crippen molar-refractivity contribution in [2.24, 2.45) is 0 Å². The van der Waals surface area contributed by atoms with Gasteiger partial charge in [0.2, 0.25) is 0 Å². The van der Waals surface area contributed by atoms with Gasteiger partial charge in [-0.25, -0.2) is 0 Å². The molecule has 212 valence electrons. The van der Waals surface area contributed by atoms with Gasteiger partial charge in [-0.1, -0.05) is 105 Å². The highest BCUT2D eigenvalue weighted by Gasteiger charge is 2.22. The Morgan fingerprint density at radius 3 is 1.16 bits per heavy atom. The lowest BCUT2D eigenvalue weighted by atomic mass is 9.89. The van der Waals surface area contributed by atoms with E-state index in [0.29, 0.717) is 26.4 Å². The maximum atomic E-state index is 6.23. The van der Waals surface area contributed by atoms with E-state index in [4.69, 9.17) is 9.47 Å². The van der Waals surface area contributed by atoms with Gasteiger partial charge in [0.1, 0.15) is 0 Å². The maximum Gasteiger partial charge on any atom is 0.0731 e. The third-order valence-electron chi connectivity index (χ3n) is 9.37. The first-order chi connectivity index (χ1) is 21.7. The SMILES string of the molecule is Brc1ccc(-c2cc3/c(c4c2COC4)=c2/cccc/c2=c2\cc(-c4ccc(Br)cc4)c4c(\c2=c2/cccc/c2=3)COC4)cc1. The van der Waals surface area contributed by atoms with Gasteiger partial charge in [0.05, 0.1) is 26.4 Å². The Hall–Kier alpha value is -3.80. The lowest BCUT2D eigenvalue weighted by Crippen LogP contribution is -1.99. The molecule has 0 amide bonds. The molecule has 0 bridgehead atoms. The van der Waals surface area contributed by atoms with E-state index in [-0.39, 0.29) is 0 Å². The second kappa shape index (κ2) is 10.4. The molecule has 6 aromatic rings. The Morgan fingerprint density at radius 2 is 0.750 bits per heavy atom. The van der Waals surface area contributed by atoms with E-state index in [9.17, 15) is 0 Å². The predicted octanol–water partition coefficient (Wildman–Crippen LogP) is 10.1. The summed E-state index contributed by atoms with van der Waals surface area (Å²) in [6.45, 7) is 2.45. The fourth-order valence-electron chi connectivity index (χ4n) is 7.40. The lowest BCUT2D eigenvalue weighted by Gasteiger charge is -2.14. The van der Waals surface area contributed by atoms with E-state index in [1.54, 1.807) is 0 Å². The molecule has 44 heavy (non-hydrogen) atoms. The molecule has 0 saturated carbocycles. The molecule has 1 aliphatic carbocycles. The largest absolute Gasteiger partial charge is 0.372 e. The second-order valence-corrected chi connectivity index (χ2v) is 13.5. The number of hydrogen-bond donors (Lipinski definition) is 0. The zero-order chi connectivity index (χ0) is 29.4. The van der Waals surface area contributed by atoms with Crippen LogP contribution in [0.3, 0.4) is 0 Å². The maximum absolute atomic E-state index is 6.23. The standard InChI is InChI=1S/C40H26Br2O2/c41-25-13-9-23(10-14-25)31-17-33-27-5-1-3-7-29(27)39-34(28-6-2-4-8-30(28)40(33)38-22-44-19-35(31)38)18-32(36-20-43-21-37(36)39)24-11-15-26(42)16-12-24/h1-18H,19-22H2/b33-27-,34-28-,39-29+,40-30+. The monoisotopic (exact) mass is 696 g/mol. The molecule has 0 N–H and O–H groups in total. The Labute approximate surface area is 270 Å². The third-order valence-corrected chi connectivity index (χ3v) is 10.4. The van der Waals surface area contributed by atoms with Crippen molar-refractivity contribution >= 4 is 31.9 Å². The first-order valence-corrected chi connectivity index (χ1v) is 16.5. The molecule has 0 saturated heterocycles. The van der Waals surface area contributed by atoms with Gasteiger partial charge >= 0.3 is 0 Å². The van der Waals surface area contributed by atoms with Gasteiger partial charge in [-0.3, -0.25) is 0 Å². The van der Waals surface area contributed by atoms with Crippen molar-refractivity contribution in [3.05, 3.63) is 182 Å². The Kier molecular flexibility index (Phi) is 6.28. The summed E-state index contributed by atoms with van der Waals surface area (Å²) in [7, 11) is 0. The van der Waals surface area contributed by atoms with Crippen LogP contribution in [0.1, 0.15) is 22.3 Å².